The minimum absolute atomic E-state index is 0. The average Bonchev–Trinajstić information content (AvgIpc) is 3.33. The van der Waals surface area contributed by atoms with Gasteiger partial charge in [-0.1, -0.05) is 53.4 Å². The molecule has 0 aromatic heterocycles. The molecule has 24 heteroatoms. The number of aliphatic hydroxyl groups excluding tert-OH is 1. The number of likely N-dealkylation sites (tertiary alicyclic amines) is 3. The zero-order valence-corrected chi connectivity index (χ0v) is 55.3. The van der Waals surface area contributed by atoms with E-state index in [1.807, 2.05) is 0 Å². The Hall–Kier alpha value is 0.830. The molecule has 0 radical (unpaired) electrons. The summed E-state index contributed by atoms with van der Waals surface area (Å²) in [6, 6.07) is 0. The monoisotopic (exact) mass is 1230 g/mol. The normalized spacial score (nSPS) is 16.4. The number of rotatable bonds is 11. The van der Waals surface area contributed by atoms with Gasteiger partial charge in [0, 0.05) is 62.2 Å². The summed E-state index contributed by atoms with van der Waals surface area (Å²) < 4.78 is 9.66. The van der Waals surface area contributed by atoms with Crippen LogP contribution in [0.4, 0.5) is 0 Å². The first-order valence-corrected chi connectivity index (χ1v) is 30.1. The third kappa shape index (κ3) is 81.8. The Morgan fingerprint density at radius 3 is 1.18 bits per heavy atom. The Labute approximate surface area is 507 Å². The van der Waals surface area contributed by atoms with Crippen molar-refractivity contribution in [1.29, 1.82) is 5.41 Å². The number of nitrogens with one attached hydrogen (secondary N) is 4. The van der Waals surface area contributed by atoms with Crippen molar-refractivity contribution in [1.82, 2.24) is 30.7 Å². The Balaban J connectivity index is -0.000000138. The van der Waals surface area contributed by atoms with Gasteiger partial charge >= 0.3 is 41.5 Å². The van der Waals surface area contributed by atoms with E-state index in [1.54, 1.807) is 48.5 Å². The van der Waals surface area contributed by atoms with E-state index < -0.39 is 23.1 Å². The van der Waals surface area contributed by atoms with E-state index in [-0.39, 0.29) is 64.3 Å². The van der Waals surface area contributed by atoms with Gasteiger partial charge in [-0.15, -0.1) is 35.6 Å². The van der Waals surface area contributed by atoms with Gasteiger partial charge in [0.1, 0.15) is 11.2 Å². The summed E-state index contributed by atoms with van der Waals surface area (Å²) in [5.74, 6) is 1.69. The van der Waals surface area contributed by atoms with Crippen LogP contribution >= 0.6 is 88.1 Å². The van der Waals surface area contributed by atoms with Gasteiger partial charge in [0.05, 0.1) is 0 Å². The average molecular weight is 1240 g/mol. The molecular weight excluding hydrogens is 1130 g/mol. The maximum absolute atomic E-state index is 11.1. The molecule has 0 aromatic rings. The van der Waals surface area contributed by atoms with Gasteiger partial charge in [0.25, 0.3) is 0 Å². The number of piperidine rings is 4. The number of carbonyl (C=O) groups excluding carboxylic acids is 2. The largest absolute Gasteiger partial charge is 1.00 e. The van der Waals surface area contributed by atoms with Gasteiger partial charge in [-0.3, -0.25) is 5.41 Å². The quantitative estimate of drug-likeness (QED) is 0.0192. The van der Waals surface area contributed by atoms with Crippen LogP contribution in [0.2, 0.25) is 0 Å². The maximum Gasteiger partial charge on any atom is 1.00 e. The summed E-state index contributed by atoms with van der Waals surface area (Å²) in [5, 5.41) is 25.6. The Kier molecular flexibility index (Phi) is 78.5. The van der Waals surface area contributed by atoms with Crippen molar-refractivity contribution in [2.24, 2.45) is 17.2 Å². The van der Waals surface area contributed by atoms with Crippen molar-refractivity contribution in [2.45, 2.75) is 156 Å². The van der Waals surface area contributed by atoms with Gasteiger partial charge < -0.3 is 67.9 Å². The van der Waals surface area contributed by atoms with Crippen LogP contribution in [-0.4, -0.2) is 192 Å². The molecule has 0 aliphatic carbocycles. The molecule has 5 heterocycles. The second kappa shape index (κ2) is 65.3. The topological polar surface area (TPSA) is 251 Å². The zero-order chi connectivity index (χ0) is 53.7. The zero-order valence-electron chi connectivity index (χ0n) is 46.9. The van der Waals surface area contributed by atoms with E-state index in [4.69, 9.17) is 48.9 Å². The van der Waals surface area contributed by atoms with Crippen molar-refractivity contribution in [3.05, 3.63) is 0 Å². The molecule has 0 spiro atoms. The van der Waals surface area contributed by atoms with Crippen LogP contribution < -0.4 is 62.7 Å². The van der Waals surface area contributed by atoms with Crippen LogP contribution in [0, 0.1) is 5.41 Å². The summed E-state index contributed by atoms with van der Waals surface area (Å²) in [5.41, 5.74) is 13.1. The molecule has 5 aliphatic heterocycles. The third-order valence-electron chi connectivity index (χ3n) is 9.65. The number of hydrogen-bond donors (Lipinski definition) is 9. The number of ether oxygens (including phenoxy) is 2. The van der Waals surface area contributed by atoms with Gasteiger partial charge in [0.2, 0.25) is 0 Å². The summed E-state index contributed by atoms with van der Waals surface area (Å²) >= 11 is 23.8. The Morgan fingerprint density at radius 1 is 0.658 bits per heavy atom. The number of alkyl halides is 3. The van der Waals surface area contributed by atoms with Crippen molar-refractivity contribution < 1.29 is 59.2 Å². The molecule has 5 saturated heterocycles. The van der Waals surface area contributed by atoms with Crippen LogP contribution in [0.3, 0.4) is 0 Å². The number of halogens is 4. The molecule has 0 aromatic carbocycles. The van der Waals surface area contributed by atoms with Gasteiger partial charge in [-0.25, -0.2) is 9.59 Å². The van der Waals surface area contributed by atoms with Crippen molar-refractivity contribution in [2.75, 3.05) is 133 Å². The molecular formula is C49H107BrCl3N10NaO6S3. The summed E-state index contributed by atoms with van der Waals surface area (Å²) in [4.78, 5) is 29.8. The molecule has 0 unspecified atom stereocenters. The van der Waals surface area contributed by atoms with E-state index in [9.17, 15) is 9.59 Å². The molecule has 16 nitrogen and oxygen atoms in total. The molecule has 5 aliphatic rings. The predicted molar refractivity (Wildman–Crippen MR) is 325 cm³/mol. The molecule has 5 fully saturated rings. The number of hydrogen-bond acceptors (Lipinski definition) is 16. The van der Waals surface area contributed by atoms with Gasteiger partial charge in [-0.05, 0) is 203 Å². The van der Waals surface area contributed by atoms with E-state index >= 15 is 0 Å². The van der Waals surface area contributed by atoms with Crippen LogP contribution in [0.25, 0.3) is 0 Å². The van der Waals surface area contributed by atoms with Crippen LogP contribution in [0.15, 0.2) is 0 Å². The smallest absolute Gasteiger partial charge is 0.870 e. The van der Waals surface area contributed by atoms with Gasteiger partial charge in [0.15, 0.2) is 10.3 Å². The summed E-state index contributed by atoms with van der Waals surface area (Å²) in [7, 11) is 0. The minimum atomic E-state index is -0.951. The fraction of sp³-hybridized carbons (Fsp3) is 0.918. The minimum Gasteiger partial charge on any atom is -0.870 e. The SMILES string of the molecule is C1CCNCC1.C1CNCCN1.CC(C)(C)OC(=O)C(=O)OC(C)(C)C.CCO.Cl.ClCCCBr.ClCCCN1CCCCC1.N=C(N)SCCN1CCCCC1.NC(N)=S.SCCCN1CCCCC1.[Na+].[OH-]. The second-order valence-electron chi connectivity index (χ2n) is 18.8. The Bertz CT molecular complexity index is 1090. The summed E-state index contributed by atoms with van der Waals surface area (Å²) in [6.45, 7) is 30.4. The first kappa shape index (κ1) is 87.7. The standard InChI is InChI=1S/C10H18O4.C8H16ClN.C8H17N3S.C8H17NS.C5H11N.C4H10N2.C3H6BrCl.C2H6O.CH4N2S.ClH.Na.H2O/c1-9(2,3)13-7(11)8(12)14-10(4,5)6;9-5-4-8-10-6-2-1-3-7-10;9-8(10)12-7-6-11-4-2-1-3-5-11;10-8-4-7-9-5-2-1-3-6-9;1-2-4-6-5-3-1;1-2-6-4-3-5-1;4-2-1-3-5;1-2-3;2-1(3)4;;;/h1-6H3;1-8H2;1-7H2,(H3,9,10);10H,1-8H2;6H,1-5H2;5-6H,1-4H2;1-3H2;3H,2H2,1H3;(H4,2,3,4);1H;;1H2/q;;;;;;;;;;+1;/p-1. The number of aliphatic hydroxyl groups is 1. The number of nitrogens with zero attached hydrogens (tertiary/aromatic N) is 3. The molecule has 0 saturated carbocycles. The van der Waals surface area contributed by atoms with E-state index in [1.165, 1.54) is 161 Å². The van der Waals surface area contributed by atoms with Crippen LogP contribution in [0.1, 0.15) is 145 Å². The molecule has 12 N–H and O–H groups in total. The number of thiol groups is 1. The predicted octanol–water partition coefficient (Wildman–Crippen LogP) is 5.05. The Morgan fingerprint density at radius 2 is 0.959 bits per heavy atom. The molecule has 0 atom stereocenters. The number of nitrogens with two attached hydrogens (primary N) is 3. The molecule has 5 rings (SSSR count). The fourth-order valence-electron chi connectivity index (χ4n) is 6.51. The van der Waals surface area contributed by atoms with E-state index in [0.717, 1.165) is 74.2 Å². The number of piperazine rings is 1. The molecule has 0 amide bonds. The molecule has 436 valence electrons. The molecule has 0 bridgehead atoms. The van der Waals surface area contributed by atoms with E-state index in [2.05, 4.69) is 82.9 Å². The first-order valence-electron chi connectivity index (χ1n) is 25.9. The van der Waals surface area contributed by atoms with Crippen molar-refractivity contribution >= 4 is 110 Å². The van der Waals surface area contributed by atoms with Crippen molar-refractivity contribution in [3.8, 4) is 0 Å². The first-order chi connectivity index (χ1) is 33.2. The number of amidine groups is 1. The van der Waals surface area contributed by atoms with Gasteiger partial charge in [-0.2, -0.15) is 12.6 Å². The van der Waals surface area contributed by atoms with Crippen molar-refractivity contribution in [3.63, 3.8) is 0 Å². The fourth-order valence-corrected chi connectivity index (χ4v) is 8.07. The number of thioether (sulfide) groups is 1. The van der Waals surface area contributed by atoms with Crippen LogP contribution in [-0.2, 0) is 19.1 Å². The van der Waals surface area contributed by atoms with E-state index in [0.29, 0.717) is 0 Å². The number of carbonyl (C=O) groups is 2. The number of thiocarbonyl (C=S) groups is 1. The number of esters is 2. The summed E-state index contributed by atoms with van der Waals surface area (Å²) in [6.07, 6.45) is 20.2. The molecule has 73 heavy (non-hydrogen) atoms. The second-order valence-corrected chi connectivity index (χ2v) is 22.4. The third-order valence-corrected chi connectivity index (χ3v) is 11.8. The maximum atomic E-state index is 11.1. The van der Waals surface area contributed by atoms with Crippen LogP contribution in [0.5, 0.6) is 0 Å².